The average molecular weight is 278 g/mol. The van der Waals surface area contributed by atoms with Gasteiger partial charge in [0.2, 0.25) is 20.0 Å². The molecule has 0 radical (unpaired) electrons. The third kappa shape index (κ3) is 5.26. The van der Waals surface area contributed by atoms with E-state index in [2.05, 4.69) is 0 Å². The molecule has 0 aliphatic rings. The summed E-state index contributed by atoms with van der Waals surface area (Å²) in [7, 11) is -7.30. The molecule has 1 rings (SSSR count). The first kappa shape index (κ1) is 14.1. The molecule has 17 heavy (non-hydrogen) atoms. The van der Waals surface area contributed by atoms with Crippen LogP contribution in [-0.4, -0.2) is 22.6 Å². The second-order valence-corrected chi connectivity index (χ2v) is 7.09. The van der Waals surface area contributed by atoms with Crippen molar-refractivity contribution in [3.05, 3.63) is 35.9 Å². The molecule has 0 atom stereocenters. The number of hydrogen-bond donors (Lipinski definition) is 2. The monoisotopic (exact) mass is 278 g/mol. The molecule has 0 aliphatic carbocycles. The van der Waals surface area contributed by atoms with E-state index in [1.54, 1.807) is 35.2 Å². The average Bonchev–Trinajstić information content (AvgIpc) is 2.28. The predicted molar refractivity (Wildman–Crippen MR) is 64.8 cm³/mol. The van der Waals surface area contributed by atoms with Crippen LogP contribution in [0.4, 0.5) is 0 Å². The number of nitrogens with one attached hydrogen (secondary N) is 2. The van der Waals surface area contributed by atoms with E-state index >= 15 is 0 Å². The molecular formula is C9H14N2O4S2. The Morgan fingerprint density at radius 3 is 2.00 bits per heavy atom. The Kier molecular flexibility index (Phi) is 4.63. The van der Waals surface area contributed by atoms with Crippen LogP contribution in [0.15, 0.2) is 30.3 Å². The molecule has 0 unspecified atom stereocenters. The highest BCUT2D eigenvalue weighted by molar-refractivity contribution is 7.92. The third-order valence-corrected chi connectivity index (χ3v) is 4.36. The van der Waals surface area contributed by atoms with Gasteiger partial charge in [-0.15, -0.1) is 9.66 Å². The van der Waals surface area contributed by atoms with Crippen LogP contribution in [0.25, 0.3) is 0 Å². The molecule has 96 valence electrons. The van der Waals surface area contributed by atoms with Gasteiger partial charge in [0.1, 0.15) is 0 Å². The maximum atomic E-state index is 11.5. The second kappa shape index (κ2) is 5.58. The minimum atomic E-state index is -3.72. The van der Waals surface area contributed by atoms with Gasteiger partial charge in [-0.1, -0.05) is 30.3 Å². The minimum absolute atomic E-state index is 0.194. The number of sulfonamides is 2. The number of hydrazine groups is 1. The summed E-state index contributed by atoms with van der Waals surface area (Å²) in [6.45, 7) is 1.41. The first-order valence-electron chi connectivity index (χ1n) is 4.87. The van der Waals surface area contributed by atoms with Crippen molar-refractivity contribution in [1.82, 2.24) is 9.66 Å². The number of benzene rings is 1. The van der Waals surface area contributed by atoms with Crippen molar-refractivity contribution < 1.29 is 16.8 Å². The maximum Gasteiger partial charge on any atom is 0.229 e. The van der Waals surface area contributed by atoms with E-state index in [4.69, 9.17) is 0 Å². The summed E-state index contributed by atoms with van der Waals surface area (Å²) in [6.07, 6.45) is 0. The summed E-state index contributed by atoms with van der Waals surface area (Å²) < 4.78 is 45.2. The van der Waals surface area contributed by atoms with Gasteiger partial charge in [0.15, 0.2) is 0 Å². The lowest BCUT2D eigenvalue weighted by Gasteiger charge is -2.07. The summed E-state index contributed by atoms with van der Waals surface area (Å²) in [6, 6.07) is 8.48. The van der Waals surface area contributed by atoms with Crippen molar-refractivity contribution in [3.8, 4) is 0 Å². The molecule has 0 aliphatic heterocycles. The summed E-state index contributed by atoms with van der Waals surface area (Å²) >= 11 is 0. The van der Waals surface area contributed by atoms with Crippen LogP contribution in [0.5, 0.6) is 0 Å². The van der Waals surface area contributed by atoms with Gasteiger partial charge in [-0.25, -0.2) is 16.8 Å². The van der Waals surface area contributed by atoms with E-state index in [0.717, 1.165) is 0 Å². The van der Waals surface area contributed by atoms with Gasteiger partial charge in [-0.2, -0.15) is 0 Å². The Morgan fingerprint density at radius 2 is 1.47 bits per heavy atom. The molecular weight excluding hydrogens is 264 g/mol. The lowest BCUT2D eigenvalue weighted by molar-refractivity contribution is 0.558. The first-order valence-corrected chi connectivity index (χ1v) is 8.18. The SMILES string of the molecule is CCS(=O)(=O)NNS(=O)(=O)Cc1ccccc1. The van der Waals surface area contributed by atoms with E-state index in [0.29, 0.717) is 5.56 Å². The molecule has 0 heterocycles. The topological polar surface area (TPSA) is 92.3 Å². The van der Waals surface area contributed by atoms with Crippen molar-refractivity contribution >= 4 is 20.0 Å². The quantitative estimate of drug-likeness (QED) is 0.714. The molecule has 0 aromatic heterocycles. The van der Waals surface area contributed by atoms with Crippen molar-refractivity contribution in [2.75, 3.05) is 5.75 Å². The van der Waals surface area contributed by atoms with Crippen LogP contribution in [0.2, 0.25) is 0 Å². The zero-order valence-electron chi connectivity index (χ0n) is 9.25. The zero-order chi connectivity index (χ0) is 12.9. The maximum absolute atomic E-state index is 11.5. The molecule has 0 saturated heterocycles. The molecule has 0 spiro atoms. The number of rotatable bonds is 6. The van der Waals surface area contributed by atoms with Gasteiger partial charge in [0.25, 0.3) is 0 Å². The normalized spacial score (nSPS) is 12.5. The third-order valence-electron chi connectivity index (χ3n) is 1.93. The van der Waals surface area contributed by atoms with Gasteiger partial charge in [0, 0.05) is 0 Å². The lowest BCUT2D eigenvalue weighted by atomic mass is 10.2. The molecule has 2 N–H and O–H groups in total. The summed E-state index contributed by atoms with van der Waals surface area (Å²) in [4.78, 5) is 3.64. The molecule has 1 aromatic rings. The fraction of sp³-hybridized carbons (Fsp3) is 0.333. The molecule has 0 fully saturated rings. The Morgan fingerprint density at radius 1 is 0.941 bits per heavy atom. The van der Waals surface area contributed by atoms with Crippen molar-refractivity contribution in [1.29, 1.82) is 0 Å². The summed E-state index contributed by atoms with van der Waals surface area (Å²) in [5, 5.41) is 0. The molecule has 0 saturated carbocycles. The van der Waals surface area contributed by atoms with Crippen LogP contribution >= 0.6 is 0 Å². The Balaban J connectivity index is 2.65. The van der Waals surface area contributed by atoms with Gasteiger partial charge in [-0.3, -0.25) is 0 Å². The Bertz CT molecular complexity index is 552. The van der Waals surface area contributed by atoms with Gasteiger partial charge in [-0.05, 0) is 12.5 Å². The highest BCUT2D eigenvalue weighted by Gasteiger charge is 2.14. The Hall–Kier alpha value is -0.960. The van der Waals surface area contributed by atoms with Gasteiger partial charge >= 0.3 is 0 Å². The van der Waals surface area contributed by atoms with Crippen molar-refractivity contribution in [3.63, 3.8) is 0 Å². The van der Waals surface area contributed by atoms with Crippen LogP contribution in [0.3, 0.4) is 0 Å². The smallest absolute Gasteiger partial charge is 0.211 e. The van der Waals surface area contributed by atoms with Gasteiger partial charge in [0.05, 0.1) is 11.5 Å². The highest BCUT2D eigenvalue weighted by Crippen LogP contribution is 2.03. The Labute approximate surface area is 101 Å². The molecule has 6 nitrogen and oxygen atoms in total. The van der Waals surface area contributed by atoms with Gasteiger partial charge < -0.3 is 0 Å². The first-order chi connectivity index (χ1) is 7.85. The second-order valence-electron chi connectivity index (χ2n) is 3.35. The number of hydrogen-bond acceptors (Lipinski definition) is 4. The summed E-state index contributed by atoms with van der Waals surface area (Å²) in [5.74, 6) is -0.471. The van der Waals surface area contributed by atoms with E-state index in [1.807, 2.05) is 4.83 Å². The van der Waals surface area contributed by atoms with E-state index < -0.39 is 20.0 Å². The van der Waals surface area contributed by atoms with E-state index in [-0.39, 0.29) is 11.5 Å². The van der Waals surface area contributed by atoms with Crippen LogP contribution in [-0.2, 0) is 25.8 Å². The molecule has 0 bridgehead atoms. The molecule has 1 aromatic carbocycles. The predicted octanol–water partition coefficient (Wildman–Crippen LogP) is -0.0397. The standard InChI is InChI=1S/C9H14N2O4S2/c1-2-16(12,13)10-11-17(14,15)8-9-6-4-3-5-7-9/h3-7,10-11H,2,8H2,1H3. The largest absolute Gasteiger partial charge is 0.229 e. The van der Waals surface area contributed by atoms with E-state index in [1.165, 1.54) is 6.92 Å². The van der Waals surface area contributed by atoms with E-state index in [9.17, 15) is 16.8 Å². The lowest BCUT2D eigenvalue weighted by Crippen LogP contribution is -2.42. The fourth-order valence-electron chi connectivity index (χ4n) is 1.03. The van der Waals surface area contributed by atoms with Crippen LogP contribution in [0.1, 0.15) is 12.5 Å². The van der Waals surface area contributed by atoms with Crippen molar-refractivity contribution in [2.24, 2.45) is 0 Å². The van der Waals surface area contributed by atoms with Crippen molar-refractivity contribution in [2.45, 2.75) is 12.7 Å². The summed E-state index contributed by atoms with van der Waals surface area (Å²) in [5.41, 5.74) is 0.579. The molecule has 0 amide bonds. The zero-order valence-corrected chi connectivity index (χ0v) is 10.9. The minimum Gasteiger partial charge on any atom is -0.211 e. The fourth-order valence-corrected chi connectivity index (χ4v) is 2.89. The van der Waals surface area contributed by atoms with Crippen LogP contribution in [0, 0.1) is 0 Å². The molecule has 8 heteroatoms. The van der Waals surface area contributed by atoms with Crippen LogP contribution < -0.4 is 9.66 Å². The highest BCUT2D eigenvalue weighted by atomic mass is 32.2.